The molecule has 4 rings (SSSR count). The van der Waals surface area contributed by atoms with Crippen molar-refractivity contribution < 1.29 is 4.74 Å². The first-order valence-corrected chi connectivity index (χ1v) is 7.11. The lowest BCUT2D eigenvalue weighted by Gasteiger charge is -2.13. The van der Waals surface area contributed by atoms with Crippen LogP contribution in [0.3, 0.4) is 0 Å². The van der Waals surface area contributed by atoms with Gasteiger partial charge in [0.1, 0.15) is 0 Å². The molecule has 0 aliphatic carbocycles. The molecule has 1 nitrogen and oxygen atoms in total. The highest BCUT2D eigenvalue weighted by atomic mass is 16.5. The van der Waals surface area contributed by atoms with Crippen molar-refractivity contribution in [1.29, 1.82) is 0 Å². The molecule has 0 radical (unpaired) electrons. The minimum absolute atomic E-state index is 0.685. The van der Waals surface area contributed by atoms with E-state index in [0.717, 1.165) is 6.61 Å². The fourth-order valence-corrected chi connectivity index (χ4v) is 3.13. The molecule has 4 aromatic carbocycles. The number of hydrogen-bond donors (Lipinski definition) is 0. The van der Waals surface area contributed by atoms with E-state index in [0.29, 0.717) is 6.61 Å². The zero-order valence-corrected chi connectivity index (χ0v) is 11.5. The molecule has 4 aromatic rings. The summed E-state index contributed by atoms with van der Waals surface area (Å²) in [6, 6.07) is 19.8. The summed E-state index contributed by atoms with van der Waals surface area (Å²) in [5.41, 5.74) is 1.28. The van der Waals surface area contributed by atoms with E-state index in [1.165, 1.54) is 37.9 Å². The second-order valence-electron chi connectivity index (χ2n) is 5.22. The second-order valence-corrected chi connectivity index (χ2v) is 5.22. The molecule has 0 amide bonds. The molecule has 1 heteroatoms. The minimum atomic E-state index is 0.685. The maximum absolute atomic E-state index is 5.61. The molecule has 0 atom stereocenters. The van der Waals surface area contributed by atoms with Crippen LogP contribution >= 0.6 is 0 Å². The van der Waals surface area contributed by atoms with Gasteiger partial charge in [-0.2, -0.15) is 0 Å². The van der Waals surface area contributed by atoms with Gasteiger partial charge in [0.2, 0.25) is 0 Å². The summed E-state index contributed by atoms with van der Waals surface area (Å²) >= 11 is 0. The summed E-state index contributed by atoms with van der Waals surface area (Å²) in [6.07, 6.45) is 0. The van der Waals surface area contributed by atoms with Gasteiger partial charge in [-0.05, 0) is 44.8 Å². The Hall–Kier alpha value is -2.12. The maximum Gasteiger partial charge on any atom is 0.0722 e. The van der Waals surface area contributed by atoms with Crippen LogP contribution in [0.25, 0.3) is 32.3 Å². The van der Waals surface area contributed by atoms with E-state index < -0.39 is 0 Å². The van der Waals surface area contributed by atoms with Crippen molar-refractivity contribution in [1.82, 2.24) is 0 Å². The monoisotopic (exact) mass is 260 g/mol. The van der Waals surface area contributed by atoms with Gasteiger partial charge in [-0.25, -0.2) is 0 Å². The average Bonchev–Trinajstić information content (AvgIpc) is 2.51. The zero-order chi connectivity index (χ0) is 13.5. The summed E-state index contributed by atoms with van der Waals surface area (Å²) < 4.78 is 5.61. The van der Waals surface area contributed by atoms with Crippen molar-refractivity contribution in [2.45, 2.75) is 13.5 Å². The highest BCUT2D eigenvalue weighted by molar-refractivity contribution is 6.23. The van der Waals surface area contributed by atoms with E-state index in [9.17, 15) is 0 Å². The summed E-state index contributed by atoms with van der Waals surface area (Å²) in [5, 5.41) is 8.01. The van der Waals surface area contributed by atoms with Crippen LogP contribution in [0.4, 0.5) is 0 Å². The molecule has 0 N–H and O–H groups in total. The van der Waals surface area contributed by atoms with Crippen LogP contribution in [-0.4, -0.2) is 6.61 Å². The standard InChI is InChI=1S/C19H16O/c1-2-20-12-16-9-8-15-7-6-13-4-3-5-14-10-11-17(16)19(15)18(13)14/h3-11H,2,12H2,1H3. The van der Waals surface area contributed by atoms with Crippen LogP contribution in [-0.2, 0) is 11.3 Å². The molecule has 0 heterocycles. The van der Waals surface area contributed by atoms with Crippen molar-refractivity contribution in [3.8, 4) is 0 Å². The highest BCUT2D eigenvalue weighted by Crippen LogP contribution is 2.35. The lowest BCUT2D eigenvalue weighted by atomic mass is 9.92. The molecule has 0 saturated carbocycles. The van der Waals surface area contributed by atoms with Crippen molar-refractivity contribution in [3.63, 3.8) is 0 Å². The molecule has 0 bridgehead atoms. The SMILES string of the molecule is CCOCc1ccc2ccc3cccc4ccc1c2c34. The van der Waals surface area contributed by atoms with E-state index >= 15 is 0 Å². The average molecular weight is 260 g/mol. The van der Waals surface area contributed by atoms with Gasteiger partial charge >= 0.3 is 0 Å². The molecule has 20 heavy (non-hydrogen) atoms. The Balaban J connectivity index is 2.14. The molecule has 0 spiro atoms. The third kappa shape index (κ3) is 1.60. The lowest BCUT2D eigenvalue weighted by Crippen LogP contribution is -1.94. The van der Waals surface area contributed by atoms with E-state index in [2.05, 4.69) is 54.6 Å². The molecule has 0 unspecified atom stereocenters. The normalized spacial score (nSPS) is 11.8. The minimum Gasteiger partial charge on any atom is -0.377 e. The Morgan fingerprint density at radius 3 is 2.15 bits per heavy atom. The first kappa shape index (κ1) is 11.7. The fourth-order valence-electron chi connectivity index (χ4n) is 3.13. The van der Waals surface area contributed by atoms with Crippen LogP contribution in [0.1, 0.15) is 12.5 Å². The molecule has 98 valence electrons. The van der Waals surface area contributed by atoms with Crippen molar-refractivity contribution in [2.24, 2.45) is 0 Å². The van der Waals surface area contributed by atoms with Gasteiger partial charge in [0.25, 0.3) is 0 Å². The lowest BCUT2D eigenvalue weighted by molar-refractivity contribution is 0.135. The van der Waals surface area contributed by atoms with Gasteiger partial charge in [0.05, 0.1) is 6.61 Å². The Morgan fingerprint density at radius 2 is 1.40 bits per heavy atom. The molecule has 0 fully saturated rings. The maximum atomic E-state index is 5.61. The van der Waals surface area contributed by atoms with Crippen molar-refractivity contribution in [2.75, 3.05) is 6.61 Å². The van der Waals surface area contributed by atoms with Gasteiger partial charge in [0.15, 0.2) is 0 Å². The van der Waals surface area contributed by atoms with Gasteiger partial charge < -0.3 is 4.74 Å². The first-order valence-electron chi connectivity index (χ1n) is 7.11. The summed E-state index contributed by atoms with van der Waals surface area (Å²) in [4.78, 5) is 0. The number of ether oxygens (including phenoxy) is 1. The third-order valence-corrected chi connectivity index (χ3v) is 4.08. The topological polar surface area (TPSA) is 9.23 Å². The van der Waals surface area contributed by atoms with Gasteiger partial charge in [0, 0.05) is 6.61 Å². The quantitative estimate of drug-likeness (QED) is 0.464. The predicted octanol–water partition coefficient (Wildman–Crippen LogP) is 5.12. The molecule has 0 aliphatic rings. The molecular weight excluding hydrogens is 244 g/mol. The first-order chi connectivity index (χ1) is 9.88. The van der Waals surface area contributed by atoms with E-state index in [1.54, 1.807) is 0 Å². The highest BCUT2D eigenvalue weighted by Gasteiger charge is 2.10. The molecular formula is C19H16O. The summed E-state index contributed by atoms with van der Waals surface area (Å²) in [5.74, 6) is 0. The van der Waals surface area contributed by atoms with Gasteiger partial charge in [-0.15, -0.1) is 0 Å². The number of benzene rings is 4. The third-order valence-electron chi connectivity index (χ3n) is 4.08. The largest absolute Gasteiger partial charge is 0.377 e. The van der Waals surface area contributed by atoms with Crippen LogP contribution in [0.15, 0.2) is 54.6 Å². The Kier molecular flexibility index (Phi) is 2.61. The molecule has 0 aliphatic heterocycles. The van der Waals surface area contributed by atoms with E-state index in [1.807, 2.05) is 6.92 Å². The van der Waals surface area contributed by atoms with Crippen LogP contribution in [0.2, 0.25) is 0 Å². The smallest absolute Gasteiger partial charge is 0.0722 e. The molecule has 0 saturated heterocycles. The zero-order valence-electron chi connectivity index (χ0n) is 11.5. The fraction of sp³-hybridized carbons (Fsp3) is 0.158. The van der Waals surface area contributed by atoms with E-state index in [4.69, 9.17) is 4.74 Å². The van der Waals surface area contributed by atoms with Crippen LogP contribution in [0.5, 0.6) is 0 Å². The second kappa shape index (κ2) is 4.46. The van der Waals surface area contributed by atoms with E-state index in [-0.39, 0.29) is 0 Å². The Morgan fingerprint density at radius 1 is 0.750 bits per heavy atom. The Labute approximate surface area is 118 Å². The van der Waals surface area contributed by atoms with Crippen molar-refractivity contribution >= 4 is 32.3 Å². The predicted molar refractivity (Wildman–Crippen MR) is 85.5 cm³/mol. The summed E-state index contributed by atoms with van der Waals surface area (Å²) in [7, 11) is 0. The van der Waals surface area contributed by atoms with Crippen LogP contribution < -0.4 is 0 Å². The van der Waals surface area contributed by atoms with Crippen molar-refractivity contribution in [3.05, 3.63) is 60.2 Å². The Bertz CT molecular complexity index is 876. The molecule has 0 aromatic heterocycles. The van der Waals surface area contributed by atoms with Crippen LogP contribution in [0, 0.1) is 0 Å². The van der Waals surface area contributed by atoms with Gasteiger partial charge in [-0.1, -0.05) is 54.6 Å². The van der Waals surface area contributed by atoms with Gasteiger partial charge in [-0.3, -0.25) is 0 Å². The number of hydrogen-bond acceptors (Lipinski definition) is 1. The number of rotatable bonds is 3. The summed E-state index contributed by atoms with van der Waals surface area (Å²) in [6.45, 7) is 3.47.